The molecule has 53 heavy (non-hydrogen) atoms. The largest absolute Gasteiger partial charge is 0.446 e. The fourth-order valence-corrected chi connectivity index (χ4v) is 7.79. The monoisotopic (exact) mass is 739 g/mol. The van der Waals surface area contributed by atoms with Crippen molar-refractivity contribution in [3.05, 3.63) is 123 Å². The lowest BCUT2D eigenvalue weighted by Crippen LogP contribution is -2.51. The number of aryl methyl sites for hydroxylation is 4. The molecule has 0 spiro atoms. The van der Waals surface area contributed by atoms with Crippen LogP contribution in [0, 0.1) is 11.8 Å². The number of nitrogens with zero attached hydrogens (tertiary/aromatic N) is 7. The van der Waals surface area contributed by atoms with Crippen LogP contribution in [0.4, 0.5) is 4.79 Å². The van der Waals surface area contributed by atoms with Gasteiger partial charge in [0.1, 0.15) is 11.6 Å². The molecule has 0 N–H and O–H groups in total. The second-order valence-electron chi connectivity index (χ2n) is 14.7. The van der Waals surface area contributed by atoms with E-state index in [0.29, 0.717) is 45.3 Å². The molecule has 2 aliphatic carbocycles. The average molecular weight is 740 g/mol. The van der Waals surface area contributed by atoms with Gasteiger partial charge >= 0.3 is 6.09 Å². The Kier molecular flexibility index (Phi) is 12.9. The first-order chi connectivity index (χ1) is 25.7. The third-order valence-corrected chi connectivity index (χ3v) is 10.9. The van der Waals surface area contributed by atoms with Gasteiger partial charge in [0.05, 0.1) is 23.8 Å². The Bertz CT molecular complexity index is 1820. The van der Waals surface area contributed by atoms with Gasteiger partial charge in [-0.15, -0.1) is 0 Å². The molecule has 1 atom stereocenters. The lowest BCUT2D eigenvalue weighted by molar-refractivity contribution is -0.118. The highest BCUT2D eigenvalue weighted by atomic mass is 35.5. The molecule has 2 amide bonds. The number of rotatable bonds is 10. The van der Waals surface area contributed by atoms with Crippen molar-refractivity contribution in [1.29, 1.82) is 0 Å². The summed E-state index contributed by atoms with van der Waals surface area (Å²) in [5.74, 6) is 0. The minimum Gasteiger partial charge on any atom is -0.446 e. The number of ether oxygens (including phenoxy) is 1. The highest BCUT2D eigenvalue weighted by Gasteiger charge is 2.36. The van der Waals surface area contributed by atoms with Crippen LogP contribution in [0.2, 0.25) is 5.02 Å². The summed E-state index contributed by atoms with van der Waals surface area (Å²) in [6.07, 6.45) is 11.8. The minimum atomic E-state index is -0.516. The minimum absolute atomic E-state index is 0.0519. The Morgan fingerprint density at radius 1 is 1.02 bits per heavy atom. The maximum atomic E-state index is 12.8. The number of hydrogen-bond donors (Lipinski definition) is 0. The fraction of sp³-hybridized carbons (Fsp3) is 0.463. The molecule has 7 rings (SSSR count). The van der Waals surface area contributed by atoms with E-state index in [2.05, 4.69) is 37.8 Å². The van der Waals surface area contributed by atoms with Gasteiger partial charge in [-0.25, -0.2) is 9.78 Å². The van der Waals surface area contributed by atoms with Crippen LogP contribution in [-0.4, -0.2) is 86.1 Å². The lowest BCUT2D eigenvalue weighted by atomic mass is 9.83. The first-order valence-electron chi connectivity index (χ1n) is 18.7. The molecule has 1 saturated carbocycles. The third kappa shape index (κ3) is 10.1. The molecule has 280 valence electrons. The zero-order valence-corrected chi connectivity index (χ0v) is 31.5. The van der Waals surface area contributed by atoms with Gasteiger partial charge < -0.3 is 19.1 Å². The van der Waals surface area contributed by atoms with Crippen molar-refractivity contribution in [1.82, 2.24) is 29.2 Å². The number of aromatic nitrogens is 3. The summed E-state index contributed by atoms with van der Waals surface area (Å²) in [5.41, 5.74) is 6.57. The molecular weight excluding hydrogens is 690 g/mol. The number of nitroso groups, excluding NO2 is 1. The standard InChI is InChI=1S/C26H31ClN4O3.C15H19N3O/c1-26(29-33)10-8-21(9-11-26)34-25(32)31-15-13-30(14-16-31)24-22-7-6-20(27)17-19(22)5-4-18-3-2-12-28-23(18)24;1-14-10-17(12-16-14)8-5-9-18(13-19)11-15-6-3-2-4-7-15/h2-3,6-7,12,17,21,24H,4-5,8-11,13-16H2,1H3;2-4,6-7,10,12-13H,5,8-9,11H2,1H3. The number of imidazole rings is 1. The van der Waals surface area contributed by atoms with Crippen molar-refractivity contribution in [2.24, 2.45) is 5.18 Å². The molecule has 1 saturated heterocycles. The normalized spacial score (nSPS) is 21.2. The molecule has 4 aromatic rings. The molecular formula is C41H50ClN7O4. The lowest BCUT2D eigenvalue weighted by Gasteiger charge is -2.40. The van der Waals surface area contributed by atoms with Gasteiger partial charge in [0.25, 0.3) is 0 Å². The highest BCUT2D eigenvalue weighted by Crippen LogP contribution is 2.37. The Morgan fingerprint density at radius 2 is 1.77 bits per heavy atom. The number of amides is 2. The van der Waals surface area contributed by atoms with Crippen LogP contribution in [0.15, 0.2) is 84.6 Å². The molecule has 1 aliphatic heterocycles. The van der Waals surface area contributed by atoms with Crippen molar-refractivity contribution in [2.75, 3.05) is 32.7 Å². The van der Waals surface area contributed by atoms with Crippen molar-refractivity contribution < 1.29 is 14.3 Å². The first-order valence-corrected chi connectivity index (χ1v) is 19.1. The topological polar surface area (TPSA) is 113 Å². The van der Waals surface area contributed by atoms with Crippen LogP contribution in [0.1, 0.15) is 78.7 Å². The summed E-state index contributed by atoms with van der Waals surface area (Å²) in [6.45, 7) is 8.89. The van der Waals surface area contributed by atoms with E-state index in [1.54, 1.807) is 9.80 Å². The summed E-state index contributed by atoms with van der Waals surface area (Å²) in [4.78, 5) is 50.0. The number of fused-ring (bicyclic) bond motifs is 2. The van der Waals surface area contributed by atoms with Gasteiger partial charge in [0, 0.05) is 63.2 Å². The second kappa shape index (κ2) is 17.9. The summed E-state index contributed by atoms with van der Waals surface area (Å²) in [6, 6.07) is 20.5. The van der Waals surface area contributed by atoms with E-state index in [4.69, 9.17) is 21.3 Å². The predicted molar refractivity (Wildman–Crippen MR) is 206 cm³/mol. The van der Waals surface area contributed by atoms with E-state index in [0.717, 1.165) is 73.8 Å². The Morgan fingerprint density at radius 3 is 2.47 bits per heavy atom. The summed E-state index contributed by atoms with van der Waals surface area (Å²) in [5, 5.41) is 4.02. The molecule has 2 fully saturated rings. The van der Waals surface area contributed by atoms with E-state index in [9.17, 15) is 14.5 Å². The number of piperazine rings is 1. The molecule has 12 heteroatoms. The van der Waals surface area contributed by atoms with Crippen molar-refractivity contribution >= 4 is 24.1 Å². The van der Waals surface area contributed by atoms with Crippen LogP contribution in [0.25, 0.3) is 0 Å². The van der Waals surface area contributed by atoms with Gasteiger partial charge in [-0.3, -0.25) is 14.7 Å². The van der Waals surface area contributed by atoms with E-state index in [-0.39, 0.29) is 18.2 Å². The third-order valence-electron chi connectivity index (χ3n) is 10.7. The summed E-state index contributed by atoms with van der Waals surface area (Å²) in [7, 11) is 0. The van der Waals surface area contributed by atoms with Crippen LogP contribution >= 0.6 is 11.6 Å². The number of hydrogen-bond acceptors (Lipinski definition) is 8. The van der Waals surface area contributed by atoms with Crippen LogP contribution in [0.3, 0.4) is 0 Å². The quantitative estimate of drug-likeness (QED) is 0.123. The smallest absolute Gasteiger partial charge is 0.410 e. The Labute approximate surface area is 317 Å². The number of benzene rings is 2. The van der Waals surface area contributed by atoms with E-state index in [1.807, 2.05) is 75.0 Å². The Hall–Kier alpha value is -4.61. The number of carbonyl (C=O) groups excluding carboxylic acids is 2. The summed E-state index contributed by atoms with van der Waals surface area (Å²) < 4.78 is 7.85. The average Bonchev–Trinajstić information content (AvgIpc) is 3.53. The van der Waals surface area contributed by atoms with Gasteiger partial charge in [-0.1, -0.05) is 59.2 Å². The van der Waals surface area contributed by atoms with Gasteiger partial charge in [0.15, 0.2) is 0 Å². The molecule has 11 nitrogen and oxygen atoms in total. The summed E-state index contributed by atoms with van der Waals surface area (Å²) >= 11 is 6.32. The first kappa shape index (κ1) is 38.1. The molecule has 0 radical (unpaired) electrons. The fourth-order valence-electron chi connectivity index (χ4n) is 7.59. The highest BCUT2D eigenvalue weighted by molar-refractivity contribution is 6.30. The SMILES string of the molecule is CC1(N=O)CCC(OC(=O)N2CCN(C3c4ccc(Cl)cc4CCc4cccnc43)CC2)CC1.Cc1cn(CCCN(C=O)Cc2ccccc2)cn1. The predicted octanol–water partition coefficient (Wildman–Crippen LogP) is 7.39. The van der Waals surface area contributed by atoms with Crippen LogP contribution in [-0.2, 0) is 35.5 Å². The molecule has 2 aromatic carbocycles. The zero-order chi connectivity index (χ0) is 37.2. The molecule has 0 bridgehead atoms. The van der Waals surface area contributed by atoms with Crippen LogP contribution < -0.4 is 0 Å². The maximum absolute atomic E-state index is 12.8. The van der Waals surface area contributed by atoms with E-state index >= 15 is 0 Å². The number of halogens is 1. The zero-order valence-electron chi connectivity index (χ0n) is 30.8. The second-order valence-corrected chi connectivity index (χ2v) is 15.1. The van der Waals surface area contributed by atoms with Crippen molar-refractivity contribution in [2.45, 2.75) is 89.6 Å². The van der Waals surface area contributed by atoms with Gasteiger partial charge in [-0.05, 0) is 99.2 Å². The molecule has 2 aromatic heterocycles. The molecule has 3 heterocycles. The molecule has 1 unspecified atom stereocenters. The maximum Gasteiger partial charge on any atom is 0.410 e. The van der Waals surface area contributed by atoms with Crippen molar-refractivity contribution in [3.8, 4) is 0 Å². The number of pyridine rings is 1. The van der Waals surface area contributed by atoms with Crippen LogP contribution in [0.5, 0.6) is 0 Å². The van der Waals surface area contributed by atoms with Gasteiger partial charge in [-0.2, -0.15) is 4.91 Å². The molecule has 3 aliphatic rings. The van der Waals surface area contributed by atoms with E-state index < -0.39 is 5.54 Å². The Balaban J connectivity index is 0.000000214. The number of carbonyl (C=O) groups is 2. The van der Waals surface area contributed by atoms with Gasteiger partial charge in [0.2, 0.25) is 6.41 Å². The van der Waals surface area contributed by atoms with Crippen molar-refractivity contribution in [3.63, 3.8) is 0 Å². The van der Waals surface area contributed by atoms with E-state index in [1.165, 1.54) is 16.7 Å².